The fraction of sp³-hybridized carbons (Fsp3) is 0.136. The van der Waals surface area contributed by atoms with Crippen molar-refractivity contribution in [3.05, 3.63) is 78.4 Å². The van der Waals surface area contributed by atoms with Gasteiger partial charge in [-0.2, -0.15) is 0 Å². The van der Waals surface area contributed by atoms with Gasteiger partial charge in [0.2, 0.25) is 0 Å². The summed E-state index contributed by atoms with van der Waals surface area (Å²) in [6, 6.07) is 22.3. The lowest BCUT2D eigenvalue weighted by molar-refractivity contribution is 0.0937. The molecule has 6 nitrogen and oxygen atoms in total. The molecule has 0 radical (unpaired) electrons. The van der Waals surface area contributed by atoms with Gasteiger partial charge in [0.25, 0.3) is 5.91 Å². The molecule has 0 atom stereocenters. The molecule has 0 heterocycles. The van der Waals surface area contributed by atoms with Crippen LogP contribution in [0.5, 0.6) is 11.5 Å². The van der Waals surface area contributed by atoms with Crippen LogP contribution in [-0.4, -0.2) is 26.2 Å². The topological polar surface area (TPSA) is 85.6 Å². The van der Waals surface area contributed by atoms with E-state index in [4.69, 9.17) is 15.2 Å². The molecule has 0 unspecified atom stereocenters. The predicted octanol–water partition coefficient (Wildman–Crippen LogP) is 4.18. The molecule has 6 heteroatoms. The summed E-state index contributed by atoms with van der Waals surface area (Å²) in [7, 11) is 1.59. The van der Waals surface area contributed by atoms with E-state index >= 15 is 0 Å². The molecule has 0 spiro atoms. The molecule has 0 saturated heterocycles. The lowest BCUT2D eigenvalue weighted by atomic mass is 10.1. The molecule has 0 aliphatic rings. The Hall–Kier alpha value is -3.51. The molecular weight excluding hydrogens is 354 g/mol. The highest BCUT2D eigenvalue weighted by Crippen LogP contribution is 2.33. The van der Waals surface area contributed by atoms with Crippen molar-refractivity contribution in [3.8, 4) is 11.5 Å². The van der Waals surface area contributed by atoms with Gasteiger partial charge in [-0.15, -0.1) is 0 Å². The molecule has 0 fully saturated rings. The zero-order valence-electron chi connectivity index (χ0n) is 15.6. The molecule has 0 saturated carbocycles. The molecule has 0 bridgehead atoms. The van der Waals surface area contributed by atoms with E-state index in [9.17, 15) is 4.79 Å². The third-order valence-corrected chi connectivity index (χ3v) is 4.03. The first-order valence-electron chi connectivity index (χ1n) is 8.93. The quantitative estimate of drug-likeness (QED) is 0.405. The van der Waals surface area contributed by atoms with Crippen LogP contribution >= 0.6 is 0 Å². The van der Waals surface area contributed by atoms with E-state index in [0.29, 0.717) is 35.8 Å². The lowest BCUT2D eigenvalue weighted by Crippen LogP contribution is -2.27. The van der Waals surface area contributed by atoms with Crippen molar-refractivity contribution < 1.29 is 14.3 Å². The number of amides is 1. The Balaban J connectivity index is 1.74. The number of ether oxygens (including phenoxy) is 2. The Morgan fingerprint density at radius 3 is 2.46 bits per heavy atom. The molecule has 28 heavy (non-hydrogen) atoms. The predicted molar refractivity (Wildman–Crippen MR) is 111 cm³/mol. The van der Waals surface area contributed by atoms with Crippen LogP contribution in [0.1, 0.15) is 10.4 Å². The van der Waals surface area contributed by atoms with Crippen LogP contribution in [0.15, 0.2) is 72.8 Å². The Morgan fingerprint density at radius 1 is 0.964 bits per heavy atom. The van der Waals surface area contributed by atoms with Gasteiger partial charge in [-0.1, -0.05) is 30.3 Å². The van der Waals surface area contributed by atoms with Crippen LogP contribution in [0.2, 0.25) is 0 Å². The normalized spacial score (nSPS) is 10.3. The number of rotatable bonds is 8. The molecule has 0 aliphatic carbocycles. The number of para-hydroxylation sites is 3. The van der Waals surface area contributed by atoms with Crippen LogP contribution in [0.25, 0.3) is 0 Å². The van der Waals surface area contributed by atoms with Crippen LogP contribution < -0.4 is 21.1 Å². The van der Waals surface area contributed by atoms with Gasteiger partial charge in [0.05, 0.1) is 23.7 Å². The third kappa shape index (κ3) is 5.02. The largest absolute Gasteiger partial charge is 0.455 e. The molecule has 3 aromatic carbocycles. The Bertz CT molecular complexity index is 929. The fourth-order valence-corrected chi connectivity index (χ4v) is 2.61. The number of hydrogen-bond donors (Lipinski definition) is 3. The number of nitrogens with two attached hydrogens (primary N) is 1. The highest BCUT2D eigenvalue weighted by molar-refractivity contribution is 5.96. The number of benzene rings is 3. The number of carbonyl (C=O) groups is 1. The van der Waals surface area contributed by atoms with Crippen LogP contribution in [0.3, 0.4) is 0 Å². The Morgan fingerprint density at radius 2 is 1.71 bits per heavy atom. The average Bonchev–Trinajstić information content (AvgIpc) is 2.72. The van der Waals surface area contributed by atoms with Crippen molar-refractivity contribution in [2.24, 2.45) is 0 Å². The molecule has 4 N–H and O–H groups in total. The summed E-state index contributed by atoms with van der Waals surface area (Å²) in [6.45, 7) is 0.901. The zero-order chi connectivity index (χ0) is 19.8. The van der Waals surface area contributed by atoms with Crippen LogP contribution in [0.4, 0.5) is 17.1 Å². The van der Waals surface area contributed by atoms with E-state index in [1.807, 2.05) is 54.6 Å². The summed E-state index contributed by atoms with van der Waals surface area (Å²) < 4.78 is 10.9. The summed E-state index contributed by atoms with van der Waals surface area (Å²) in [5.41, 5.74) is 8.58. The summed E-state index contributed by atoms with van der Waals surface area (Å²) in [6.07, 6.45) is 0. The first-order chi connectivity index (χ1) is 13.7. The number of anilines is 3. The van der Waals surface area contributed by atoms with E-state index in [1.165, 1.54) is 0 Å². The minimum atomic E-state index is -0.192. The maximum Gasteiger partial charge on any atom is 0.251 e. The molecule has 0 aromatic heterocycles. The molecule has 3 aromatic rings. The van der Waals surface area contributed by atoms with E-state index in [2.05, 4.69) is 10.6 Å². The maximum absolute atomic E-state index is 12.1. The molecule has 144 valence electrons. The van der Waals surface area contributed by atoms with Gasteiger partial charge in [-0.05, 0) is 42.5 Å². The van der Waals surface area contributed by atoms with E-state index < -0.39 is 0 Å². The van der Waals surface area contributed by atoms with E-state index in [-0.39, 0.29) is 5.91 Å². The van der Waals surface area contributed by atoms with Gasteiger partial charge < -0.3 is 25.8 Å². The van der Waals surface area contributed by atoms with Crippen molar-refractivity contribution >= 4 is 23.0 Å². The number of carbonyl (C=O) groups excluding carboxylic acids is 1. The van der Waals surface area contributed by atoms with E-state index in [0.717, 1.165) is 11.4 Å². The standard InChI is InChI=1S/C22H23N3O3/c1-27-14-13-24-22(26)16-11-12-19(18(23)15-16)25-20-9-5-6-10-21(20)28-17-7-3-2-4-8-17/h2-12,15,25H,13-14,23H2,1H3,(H,24,26). The van der Waals surface area contributed by atoms with Crippen molar-refractivity contribution in [1.82, 2.24) is 5.32 Å². The van der Waals surface area contributed by atoms with Gasteiger partial charge in [0.15, 0.2) is 5.75 Å². The van der Waals surface area contributed by atoms with Gasteiger partial charge >= 0.3 is 0 Å². The smallest absolute Gasteiger partial charge is 0.251 e. The second-order valence-electron chi connectivity index (χ2n) is 6.09. The third-order valence-electron chi connectivity index (χ3n) is 4.03. The minimum absolute atomic E-state index is 0.192. The number of nitrogen functional groups attached to an aromatic ring is 1. The van der Waals surface area contributed by atoms with Gasteiger partial charge in [-0.25, -0.2) is 0 Å². The molecule has 0 aliphatic heterocycles. The summed E-state index contributed by atoms with van der Waals surface area (Å²) in [5.74, 6) is 1.23. The van der Waals surface area contributed by atoms with Gasteiger partial charge in [0.1, 0.15) is 5.75 Å². The SMILES string of the molecule is COCCNC(=O)c1ccc(Nc2ccccc2Oc2ccccc2)c(N)c1. The highest BCUT2D eigenvalue weighted by atomic mass is 16.5. The lowest BCUT2D eigenvalue weighted by Gasteiger charge is -2.15. The number of methoxy groups -OCH3 is 1. The summed E-state index contributed by atoms with van der Waals surface area (Å²) in [5, 5.41) is 6.05. The highest BCUT2D eigenvalue weighted by Gasteiger charge is 2.10. The average molecular weight is 377 g/mol. The van der Waals surface area contributed by atoms with Crippen molar-refractivity contribution in [1.29, 1.82) is 0 Å². The number of hydrogen-bond acceptors (Lipinski definition) is 5. The second-order valence-corrected chi connectivity index (χ2v) is 6.09. The zero-order valence-corrected chi connectivity index (χ0v) is 15.6. The summed E-state index contributed by atoms with van der Waals surface area (Å²) >= 11 is 0. The van der Waals surface area contributed by atoms with E-state index in [1.54, 1.807) is 25.3 Å². The summed E-state index contributed by atoms with van der Waals surface area (Å²) in [4.78, 5) is 12.1. The number of nitrogens with one attached hydrogen (secondary N) is 2. The minimum Gasteiger partial charge on any atom is -0.455 e. The maximum atomic E-state index is 12.1. The monoisotopic (exact) mass is 377 g/mol. The fourth-order valence-electron chi connectivity index (χ4n) is 2.61. The Labute approximate surface area is 164 Å². The Kier molecular flexibility index (Phi) is 6.49. The van der Waals surface area contributed by atoms with Gasteiger partial charge in [-0.3, -0.25) is 4.79 Å². The van der Waals surface area contributed by atoms with Crippen LogP contribution in [0, 0.1) is 0 Å². The first kappa shape index (κ1) is 19.3. The molecular formula is C22H23N3O3. The molecule has 1 amide bonds. The molecule has 3 rings (SSSR count). The first-order valence-corrected chi connectivity index (χ1v) is 8.93. The van der Waals surface area contributed by atoms with Crippen molar-refractivity contribution in [3.63, 3.8) is 0 Å². The van der Waals surface area contributed by atoms with Crippen LogP contribution in [-0.2, 0) is 4.74 Å². The van der Waals surface area contributed by atoms with Crippen molar-refractivity contribution in [2.45, 2.75) is 0 Å². The van der Waals surface area contributed by atoms with Crippen molar-refractivity contribution in [2.75, 3.05) is 31.3 Å². The van der Waals surface area contributed by atoms with Gasteiger partial charge in [0, 0.05) is 19.2 Å². The second kappa shape index (κ2) is 9.43.